The van der Waals surface area contributed by atoms with Crippen LogP contribution in [0.15, 0.2) is 10.6 Å². The maximum atomic E-state index is 10.7. The molecule has 106 valence electrons. The van der Waals surface area contributed by atoms with Gasteiger partial charge in [-0.25, -0.2) is 4.79 Å². The molecule has 1 aromatic heterocycles. The number of carboxylic acids is 1. The summed E-state index contributed by atoms with van der Waals surface area (Å²) in [7, 11) is 0. The predicted molar refractivity (Wildman–Crippen MR) is 70.9 cm³/mol. The Morgan fingerprint density at radius 2 is 2.32 bits per heavy atom. The Morgan fingerprint density at radius 3 is 2.95 bits per heavy atom. The summed E-state index contributed by atoms with van der Waals surface area (Å²) in [4.78, 5) is 13.1. The molecule has 1 aliphatic heterocycles. The van der Waals surface area contributed by atoms with E-state index in [1.165, 1.54) is 25.3 Å². The van der Waals surface area contributed by atoms with Crippen molar-refractivity contribution < 1.29 is 14.4 Å². The molecule has 1 atom stereocenters. The first-order chi connectivity index (χ1) is 9.06. The molecule has 19 heavy (non-hydrogen) atoms. The molecule has 0 bridgehead atoms. The lowest BCUT2D eigenvalue weighted by atomic mass is 9.89. The van der Waals surface area contributed by atoms with Crippen LogP contribution in [-0.2, 0) is 6.54 Å². The van der Waals surface area contributed by atoms with Crippen molar-refractivity contribution in [1.82, 2.24) is 10.1 Å². The monoisotopic (exact) mass is 266 g/mol. The smallest absolute Gasteiger partial charge is 0.358 e. The highest BCUT2D eigenvalue weighted by Crippen LogP contribution is 2.25. The third kappa shape index (κ3) is 3.80. The summed E-state index contributed by atoms with van der Waals surface area (Å²) in [6.45, 7) is 7.33. The zero-order chi connectivity index (χ0) is 13.8. The van der Waals surface area contributed by atoms with E-state index in [-0.39, 0.29) is 5.69 Å². The standard InChI is InChI=1S/C14H22N2O3/c1-10(2)11-4-3-6-16(7-5-11)9-12-8-13(14(17)18)15-19-12/h8,10-11H,3-7,9H2,1-2H3,(H,17,18). The molecule has 0 aliphatic carbocycles. The fourth-order valence-corrected chi connectivity index (χ4v) is 2.72. The SMILES string of the molecule is CC(C)C1CCCN(Cc2cc(C(=O)O)no2)CC1. The number of carboxylic acid groups (broad SMARTS) is 1. The second-order valence-electron chi connectivity index (χ2n) is 5.69. The van der Waals surface area contributed by atoms with Gasteiger partial charge in [-0.05, 0) is 44.2 Å². The highest BCUT2D eigenvalue weighted by Gasteiger charge is 2.21. The third-order valence-electron chi connectivity index (χ3n) is 3.97. The van der Waals surface area contributed by atoms with Crippen molar-refractivity contribution in [3.63, 3.8) is 0 Å². The van der Waals surface area contributed by atoms with Gasteiger partial charge < -0.3 is 9.63 Å². The molecule has 1 unspecified atom stereocenters. The number of carbonyl (C=O) groups is 1. The molecule has 1 fully saturated rings. The number of hydrogen-bond donors (Lipinski definition) is 1. The minimum atomic E-state index is -1.04. The van der Waals surface area contributed by atoms with Crippen LogP contribution < -0.4 is 0 Å². The zero-order valence-electron chi connectivity index (χ0n) is 11.6. The quantitative estimate of drug-likeness (QED) is 0.907. The van der Waals surface area contributed by atoms with Crippen molar-refractivity contribution in [2.24, 2.45) is 11.8 Å². The van der Waals surface area contributed by atoms with Crippen molar-refractivity contribution in [2.45, 2.75) is 39.7 Å². The summed E-state index contributed by atoms with van der Waals surface area (Å²) in [5.41, 5.74) is -0.00937. The summed E-state index contributed by atoms with van der Waals surface area (Å²) in [6, 6.07) is 1.52. The first-order valence-electron chi connectivity index (χ1n) is 6.97. The van der Waals surface area contributed by atoms with Gasteiger partial charge in [0.2, 0.25) is 0 Å². The van der Waals surface area contributed by atoms with Gasteiger partial charge in [0.05, 0.1) is 6.54 Å². The van der Waals surface area contributed by atoms with E-state index in [1.807, 2.05) is 0 Å². The topological polar surface area (TPSA) is 66.6 Å². The molecule has 1 aliphatic rings. The van der Waals surface area contributed by atoms with Crippen LogP contribution in [0.25, 0.3) is 0 Å². The van der Waals surface area contributed by atoms with E-state index in [1.54, 1.807) is 0 Å². The Hall–Kier alpha value is -1.36. The maximum absolute atomic E-state index is 10.7. The van der Waals surface area contributed by atoms with E-state index in [9.17, 15) is 4.79 Å². The Kier molecular flexibility index (Phi) is 4.58. The lowest BCUT2D eigenvalue weighted by Gasteiger charge is -2.20. The lowest BCUT2D eigenvalue weighted by Crippen LogP contribution is -2.24. The molecule has 2 rings (SSSR count). The van der Waals surface area contributed by atoms with Crippen LogP contribution in [0, 0.1) is 11.8 Å². The van der Waals surface area contributed by atoms with Crippen LogP contribution in [0.2, 0.25) is 0 Å². The highest BCUT2D eigenvalue weighted by atomic mass is 16.5. The summed E-state index contributed by atoms with van der Waals surface area (Å²) in [6.07, 6.45) is 3.69. The first-order valence-corrected chi connectivity index (χ1v) is 6.97. The third-order valence-corrected chi connectivity index (χ3v) is 3.97. The number of hydrogen-bond acceptors (Lipinski definition) is 4. The molecule has 1 aromatic rings. The molecule has 5 nitrogen and oxygen atoms in total. The van der Waals surface area contributed by atoms with Crippen molar-refractivity contribution in [3.05, 3.63) is 17.5 Å². The van der Waals surface area contributed by atoms with Gasteiger partial charge in [0, 0.05) is 6.07 Å². The van der Waals surface area contributed by atoms with Crippen LogP contribution >= 0.6 is 0 Å². The van der Waals surface area contributed by atoms with Crippen LogP contribution in [0.4, 0.5) is 0 Å². The van der Waals surface area contributed by atoms with Crippen LogP contribution in [0.5, 0.6) is 0 Å². The number of likely N-dealkylation sites (tertiary alicyclic amines) is 1. The second-order valence-corrected chi connectivity index (χ2v) is 5.69. The molecule has 0 amide bonds. The van der Waals surface area contributed by atoms with Crippen molar-refractivity contribution in [2.75, 3.05) is 13.1 Å². The molecular formula is C14H22N2O3. The summed E-state index contributed by atoms with van der Waals surface area (Å²) < 4.78 is 5.07. The Labute approximate surface area is 113 Å². The van der Waals surface area contributed by atoms with Gasteiger partial charge in [-0.15, -0.1) is 0 Å². The van der Waals surface area contributed by atoms with Gasteiger partial charge >= 0.3 is 5.97 Å². The minimum absolute atomic E-state index is 0.00937. The van der Waals surface area contributed by atoms with E-state index >= 15 is 0 Å². The number of aromatic nitrogens is 1. The Balaban J connectivity index is 1.90. The highest BCUT2D eigenvalue weighted by molar-refractivity contribution is 5.85. The zero-order valence-corrected chi connectivity index (χ0v) is 11.6. The molecule has 5 heteroatoms. The number of aromatic carboxylic acids is 1. The molecule has 0 spiro atoms. The Morgan fingerprint density at radius 1 is 1.53 bits per heavy atom. The van der Waals surface area contributed by atoms with Crippen molar-refractivity contribution >= 4 is 5.97 Å². The minimum Gasteiger partial charge on any atom is -0.476 e. The van der Waals surface area contributed by atoms with Crippen LogP contribution in [0.1, 0.15) is 49.4 Å². The van der Waals surface area contributed by atoms with E-state index in [4.69, 9.17) is 9.63 Å². The summed E-state index contributed by atoms with van der Waals surface area (Å²) in [5, 5.41) is 12.4. The van der Waals surface area contributed by atoms with Gasteiger partial charge in [0.1, 0.15) is 0 Å². The van der Waals surface area contributed by atoms with Gasteiger partial charge in [-0.2, -0.15) is 0 Å². The Bertz CT molecular complexity index is 428. The van der Waals surface area contributed by atoms with Crippen LogP contribution in [0.3, 0.4) is 0 Å². The lowest BCUT2D eigenvalue weighted by molar-refractivity contribution is 0.0685. The molecule has 0 aromatic carbocycles. The van der Waals surface area contributed by atoms with E-state index in [2.05, 4.69) is 23.9 Å². The summed E-state index contributed by atoms with van der Waals surface area (Å²) in [5.74, 6) is 1.14. The van der Waals surface area contributed by atoms with Crippen molar-refractivity contribution in [1.29, 1.82) is 0 Å². The van der Waals surface area contributed by atoms with E-state index in [0.717, 1.165) is 24.9 Å². The normalized spacial score (nSPS) is 21.5. The predicted octanol–water partition coefficient (Wildman–Crippen LogP) is 2.63. The molecular weight excluding hydrogens is 244 g/mol. The molecule has 2 heterocycles. The number of rotatable bonds is 4. The largest absolute Gasteiger partial charge is 0.476 e. The fraction of sp³-hybridized carbons (Fsp3) is 0.714. The summed E-state index contributed by atoms with van der Waals surface area (Å²) >= 11 is 0. The molecule has 1 N–H and O–H groups in total. The van der Waals surface area contributed by atoms with Gasteiger partial charge in [0.25, 0.3) is 0 Å². The molecule has 0 radical (unpaired) electrons. The van der Waals surface area contributed by atoms with Crippen molar-refractivity contribution in [3.8, 4) is 0 Å². The molecule has 1 saturated heterocycles. The molecule has 0 saturated carbocycles. The van der Waals surface area contributed by atoms with Gasteiger partial charge in [0.15, 0.2) is 11.5 Å². The second kappa shape index (κ2) is 6.19. The maximum Gasteiger partial charge on any atom is 0.358 e. The average molecular weight is 266 g/mol. The van der Waals surface area contributed by atoms with E-state index in [0.29, 0.717) is 12.3 Å². The van der Waals surface area contributed by atoms with Crippen LogP contribution in [-0.4, -0.2) is 34.2 Å². The van der Waals surface area contributed by atoms with Gasteiger partial charge in [-0.3, -0.25) is 4.90 Å². The van der Waals surface area contributed by atoms with Gasteiger partial charge in [-0.1, -0.05) is 19.0 Å². The average Bonchev–Trinajstić information content (AvgIpc) is 2.68. The fourth-order valence-electron chi connectivity index (χ4n) is 2.72. The van der Waals surface area contributed by atoms with E-state index < -0.39 is 5.97 Å². The first kappa shape index (κ1) is 14.1. The number of nitrogens with zero attached hydrogens (tertiary/aromatic N) is 2.